The molecule has 3 heteroatoms. The standard InChI is InChI=1S/C11H10FNO/c1-14-11-6-5-10(12)8-9(11)4-2-3-7-13/h2,4-6,8H,3H2,1H3. The van der Waals surface area contributed by atoms with Crippen molar-refractivity contribution in [2.75, 3.05) is 7.11 Å². The van der Waals surface area contributed by atoms with E-state index >= 15 is 0 Å². The molecule has 1 rings (SSSR count). The number of nitrogens with zero attached hydrogens (tertiary/aromatic N) is 1. The van der Waals surface area contributed by atoms with Crippen LogP contribution >= 0.6 is 0 Å². The Hall–Kier alpha value is -1.82. The molecule has 0 bridgehead atoms. The van der Waals surface area contributed by atoms with Crippen LogP contribution in [0.15, 0.2) is 24.3 Å². The summed E-state index contributed by atoms with van der Waals surface area (Å²) in [6.07, 6.45) is 3.64. The number of hydrogen-bond acceptors (Lipinski definition) is 2. The van der Waals surface area contributed by atoms with Crippen LogP contribution in [-0.2, 0) is 0 Å². The van der Waals surface area contributed by atoms with Gasteiger partial charge in [-0.05, 0) is 18.2 Å². The van der Waals surface area contributed by atoms with E-state index in [9.17, 15) is 4.39 Å². The van der Waals surface area contributed by atoms with Crippen LogP contribution in [0, 0.1) is 17.1 Å². The van der Waals surface area contributed by atoms with E-state index < -0.39 is 0 Å². The highest BCUT2D eigenvalue weighted by atomic mass is 19.1. The van der Waals surface area contributed by atoms with Crippen molar-refractivity contribution >= 4 is 6.08 Å². The summed E-state index contributed by atoms with van der Waals surface area (Å²) in [5.74, 6) is 0.281. The lowest BCUT2D eigenvalue weighted by Crippen LogP contribution is -1.87. The van der Waals surface area contributed by atoms with Crippen molar-refractivity contribution in [1.29, 1.82) is 5.26 Å². The number of rotatable bonds is 3. The van der Waals surface area contributed by atoms with Crippen LogP contribution in [0.4, 0.5) is 4.39 Å². The van der Waals surface area contributed by atoms with E-state index in [1.54, 1.807) is 18.2 Å². The Morgan fingerprint density at radius 3 is 3.00 bits per heavy atom. The molecular formula is C11H10FNO. The Morgan fingerprint density at radius 2 is 2.36 bits per heavy atom. The van der Waals surface area contributed by atoms with Crippen molar-refractivity contribution in [1.82, 2.24) is 0 Å². The lowest BCUT2D eigenvalue weighted by molar-refractivity contribution is 0.412. The van der Waals surface area contributed by atoms with Crippen molar-refractivity contribution in [2.24, 2.45) is 0 Å². The maximum atomic E-state index is 12.8. The SMILES string of the molecule is COc1ccc(F)cc1C=CCC#N. The van der Waals surface area contributed by atoms with E-state index in [1.807, 2.05) is 6.07 Å². The van der Waals surface area contributed by atoms with Crippen molar-refractivity contribution in [3.63, 3.8) is 0 Å². The van der Waals surface area contributed by atoms with Gasteiger partial charge in [-0.1, -0.05) is 12.2 Å². The van der Waals surface area contributed by atoms with Gasteiger partial charge in [0.25, 0.3) is 0 Å². The van der Waals surface area contributed by atoms with Crippen LogP contribution in [0.1, 0.15) is 12.0 Å². The molecule has 0 N–H and O–H groups in total. The molecule has 1 aromatic rings. The van der Waals surface area contributed by atoms with Crippen LogP contribution in [0.5, 0.6) is 5.75 Å². The zero-order valence-corrected chi connectivity index (χ0v) is 7.83. The van der Waals surface area contributed by atoms with Gasteiger partial charge in [-0.25, -0.2) is 4.39 Å². The summed E-state index contributed by atoms with van der Waals surface area (Å²) in [4.78, 5) is 0. The Balaban J connectivity index is 2.94. The fourth-order valence-electron chi connectivity index (χ4n) is 1.07. The van der Waals surface area contributed by atoms with Gasteiger partial charge in [-0.2, -0.15) is 5.26 Å². The van der Waals surface area contributed by atoms with Crippen molar-refractivity contribution < 1.29 is 9.13 Å². The lowest BCUT2D eigenvalue weighted by atomic mass is 10.1. The van der Waals surface area contributed by atoms with Crippen LogP contribution in [-0.4, -0.2) is 7.11 Å². The highest BCUT2D eigenvalue weighted by Crippen LogP contribution is 2.20. The minimum atomic E-state index is -0.317. The molecule has 72 valence electrons. The molecule has 0 aliphatic carbocycles. The van der Waals surface area contributed by atoms with Gasteiger partial charge in [0.15, 0.2) is 0 Å². The van der Waals surface area contributed by atoms with Crippen LogP contribution in [0.2, 0.25) is 0 Å². The van der Waals surface area contributed by atoms with Crippen LogP contribution in [0.25, 0.3) is 6.08 Å². The van der Waals surface area contributed by atoms with Crippen molar-refractivity contribution in [3.05, 3.63) is 35.7 Å². The Kier molecular flexibility index (Phi) is 3.69. The first-order chi connectivity index (χ1) is 6.77. The van der Waals surface area contributed by atoms with Gasteiger partial charge in [0.2, 0.25) is 0 Å². The zero-order valence-electron chi connectivity index (χ0n) is 7.83. The molecule has 0 heterocycles. The summed E-state index contributed by atoms with van der Waals surface area (Å²) in [5, 5.41) is 8.32. The second-order valence-corrected chi connectivity index (χ2v) is 2.65. The van der Waals surface area contributed by atoms with Crippen molar-refractivity contribution in [3.8, 4) is 11.8 Å². The maximum absolute atomic E-state index is 12.8. The first-order valence-corrected chi connectivity index (χ1v) is 4.15. The number of halogens is 1. The highest BCUT2D eigenvalue weighted by molar-refractivity contribution is 5.57. The third-order valence-electron chi connectivity index (χ3n) is 1.70. The van der Waals surface area contributed by atoms with Gasteiger partial charge in [0.05, 0.1) is 19.6 Å². The maximum Gasteiger partial charge on any atom is 0.126 e. The largest absolute Gasteiger partial charge is 0.496 e. The first-order valence-electron chi connectivity index (χ1n) is 4.15. The van der Waals surface area contributed by atoms with E-state index in [2.05, 4.69) is 0 Å². The summed E-state index contributed by atoms with van der Waals surface area (Å²) in [6.45, 7) is 0. The molecule has 0 radical (unpaired) electrons. The van der Waals surface area contributed by atoms with Crippen LogP contribution in [0.3, 0.4) is 0 Å². The average Bonchev–Trinajstić information content (AvgIpc) is 2.19. The zero-order chi connectivity index (χ0) is 10.4. The predicted molar refractivity (Wildman–Crippen MR) is 52.2 cm³/mol. The molecule has 0 saturated heterocycles. The van der Waals surface area contributed by atoms with E-state index in [0.717, 1.165) is 0 Å². The van der Waals surface area contributed by atoms with Crippen LogP contribution < -0.4 is 4.74 Å². The molecule has 0 atom stereocenters. The number of methoxy groups -OCH3 is 1. The molecule has 0 fully saturated rings. The Bertz CT molecular complexity index is 379. The molecular weight excluding hydrogens is 181 g/mol. The summed E-state index contributed by atoms with van der Waals surface area (Å²) < 4.78 is 17.9. The molecule has 0 saturated carbocycles. The summed E-state index contributed by atoms with van der Waals surface area (Å²) in [5.41, 5.74) is 0.641. The fraction of sp³-hybridized carbons (Fsp3) is 0.182. The van der Waals surface area contributed by atoms with Gasteiger partial charge >= 0.3 is 0 Å². The molecule has 0 aliphatic rings. The van der Waals surface area contributed by atoms with E-state index in [-0.39, 0.29) is 5.82 Å². The molecule has 14 heavy (non-hydrogen) atoms. The van der Waals surface area contributed by atoms with Gasteiger partial charge < -0.3 is 4.74 Å². The quantitative estimate of drug-likeness (QED) is 0.735. The molecule has 0 amide bonds. The Labute approximate surface area is 82.2 Å². The van der Waals surface area contributed by atoms with Gasteiger partial charge in [-0.15, -0.1) is 0 Å². The Morgan fingerprint density at radius 1 is 1.57 bits per heavy atom. The third-order valence-corrected chi connectivity index (χ3v) is 1.70. The second-order valence-electron chi connectivity index (χ2n) is 2.65. The van der Waals surface area contributed by atoms with E-state index in [4.69, 9.17) is 10.00 Å². The summed E-state index contributed by atoms with van der Waals surface area (Å²) >= 11 is 0. The van der Waals surface area contributed by atoms with Gasteiger partial charge in [0, 0.05) is 5.56 Å². The normalized spacial score (nSPS) is 10.1. The molecule has 1 aromatic carbocycles. The summed E-state index contributed by atoms with van der Waals surface area (Å²) in [6, 6.07) is 6.23. The molecule has 0 unspecified atom stereocenters. The topological polar surface area (TPSA) is 33.0 Å². The van der Waals surface area contributed by atoms with Gasteiger partial charge in [-0.3, -0.25) is 0 Å². The van der Waals surface area contributed by atoms with Crippen molar-refractivity contribution in [2.45, 2.75) is 6.42 Å². The summed E-state index contributed by atoms with van der Waals surface area (Å²) in [7, 11) is 1.52. The fourth-order valence-corrected chi connectivity index (χ4v) is 1.07. The molecule has 0 aromatic heterocycles. The predicted octanol–water partition coefficient (Wildman–Crippen LogP) is 2.76. The lowest BCUT2D eigenvalue weighted by Gasteiger charge is -2.03. The first kappa shape index (κ1) is 10.3. The minimum Gasteiger partial charge on any atom is -0.496 e. The minimum absolute atomic E-state index is 0.305. The third kappa shape index (κ3) is 2.60. The molecule has 2 nitrogen and oxygen atoms in total. The van der Waals surface area contributed by atoms with Gasteiger partial charge in [0.1, 0.15) is 11.6 Å². The number of hydrogen-bond donors (Lipinski definition) is 0. The number of nitriles is 1. The second kappa shape index (κ2) is 5.03. The number of ether oxygens (including phenoxy) is 1. The van der Waals surface area contributed by atoms with E-state index in [0.29, 0.717) is 17.7 Å². The highest BCUT2D eigenvalue weighted by Gasteiger charge is 2.00. The van der Waals surface area contributed by atoms with E-state index in [1.165, 1.54) is 19.2 Å². The average molecular weight is 191 g/mol. The number of allylic oxidation sites excluding steroid dienone is 1. The molecule has 0 spiro atoms. The smallest absolute Gasteiger partial charge is 0.126 e. The number of benzene rings is 1. The molecule has 0 aliphatic heterocycles. The monoisotopic (exact) mass is 191 g/mol.